The molecule has 0 aliphatic heterocycles. The Hall–Kier alpha value is -2.01. The molecular formula is C15H21N5. The van der Waals surface area contributed by atoms with Gasteiger partial charge >= 0.3 is 0 Å². The molecule has 0 unspecified atom stereocenters. The van der Waals surface area contributed by atoms with E-state index in [-0.39, 0.29) is 0 Å². The zero-order chi connectivity index (χ0) is 14.4. The van der Waals surface area contributed by atoms with Crippen LogP contribution >= 0.6 is 0 Å². The summed E-state index contributed by atoms with van der Waals surface area (Å²) in [5.74, 6) is 1.74. The van der Waals surface area contributed by atoms with Gasteiger partial charge in [-0.15, -0.1) is 0 Å². The number of aromatic nitrogens is 3. The zero-order valence-corrected chi connectivity index (χ0v) is 12.3. The van der Waals surface area contributed by atoms with E-state index in [1.54, 1.807) is 0 Å². The first-order valence-electron chi connectivity index (χ1n) is 6.83. The highest BCUT2D eigenvalue weighted by molar-refractivity contribution is 5.35. The molecule has 0 bridgehead atoms. The highest BCUT2D eigenvalue weighted by Gasteiger charge is 2.06. The number of hydrogen-bond acceptors (Lipinski definition) is 5. The van der Waals surface area contributed by atoms with Gasteiger partial charge in [0.2, 0.25) is 0 Å². The second-order valence-corrected chi connectivity index (χ2v) is 4.87. The van der Waals surface area contributed by atoms with Crippen LogP contribution in [0.2, 0.25) is 0 Å². The topological polar surface area (TPSA) is 53.9 Å². The average Bonchev–Trinajstić information content (AvgIpc) is 2.39. The first-order valence-corrected chi connectivity index (χ1v) is 6.83. The second kappa shape index (κ2) is 6.96. The second-order valence-electron chi connectivity index (χ2n) is 4.87. The molecule has 20 heavy (non-hydrogen) atoms. The van der Waals surface area contributed by atoms with Crippen LogP contribution in [-0.2, 0) is 13.1 Å². The van der Waals surface area contributed by atoms with E-state index in [0.29, 0.717) is 0 Å². The van der Waals surface area contributed by atoms with E-state index in [0.717, 1.165) is 37.0 Å². The highest BCUT2D eigenvalue weighted by Crippen LogP contribution is 2.09. The van der Waals surface area contributed by atoms with Gasteiger partial charge in [0.05, 0.1) is 6.54 Å². The maximum Gasteiger partial charge on any atom is 0.144 e. The smallest absolute Gasteiger partial charge is 0.144 e. The number of aryl methyl sites for hydroxylation is 1. The van der Waals surface area contributed by atoms with Crippen LogP contribution in [0.15, 0.2) is 30.6 Å². The third kappa shape index (κ3) is 4.28. The minimum atomic E-state index is 0.725. The summed E-state index contributed by atoms with van der Waals surface area (Å²) in [6, 6.07) is 6.02. The Kier molecular flexibility index (Phi) is 5.01. The Bertz CT molecular complexity index is 541. The molecule has 0 saturated carbocycles. The molecule has 2 aromatic heterocycles. The van der Waals surface area contributed by atoms with Crippen molar-refractivity contribution in [2.24, 2.45) is 0 Å². The predicted octanol–water partition coefficient (Wildman–Crippen LogP) is 2.24. The number of anilines is 1. The molecule has 0 amide bonds. The van der Waals surface area contributed by atoms with E-state index in [1.165, 1.54) is 5.56 Å². The van der Waals surface area contributed by atoms with Crippen LogP contribution in [0.3, 0.4) is 0 Å². The quantitative estimate of drug-likeness (QED) is 0.873. The van der Waals surface area contributed by atoms with Gasteiger partial charge in [-0.3, -0.25) is 9.88 Å². The predicted molar refractivity (Wildman–Crippen MR) is 80.3 cm³/mol. The number of rotatable bonds is 6. The number of nitrogens with zero attached hydrogens (tertiary/aromatic N) is 4. The lowest BCUT2D eigenvalue weighted by atomic mass is 10.2. The lowest BCUT2D eigenvalue weighted by Crippen LogP contribution is -2.19. The lowest BCUT2D eigenvalue weighted by molar-refractivity contribution is 0.310. The molecular weight excluding hydrogens is 250 g/mol. The van der Waals surface area contributed by atoms with Gasteiger partial charge in [0.15, 0.2) is 0 Å². The Labute approximate surface area is 120 Å². The maximum atomic E-state index is 4.53. The van der Waals surface area contributed by atoms with Gasteiger partial charge in [-0.25, -0.2) is 9.97 Å². The van der Waals surface area contributed by atoms with Crippen LogP contribution in [0, 0.1) is 6.92 Å². The van der Waals surface area contributed by atoms with Gasteiger partial charge in [-0.2, -0.15) is 0 Å². The third-order valence-corrected chi connectivity index (χ3v) is 2.87. The van der Waals surface area contributed by atoms with Crippen molar-refractivity contribution in [2.75, 3.05) is 18.9 Å². The van der Waals surface area contributed by atoms with Crippen LogP contribution in [0.25, 0.3) is 0 Å². The average molecular weight is 271 g/mol. The van der Waals surface area contributed by atoms with Gasteiger partial charge in [-0.05, 0) is 38.6 Å². The summed E-state index contributed by atoms with van der Waals surface area (Å²) in [6.45, 7) is 6.50. The highest BCUT2D eigenvalue weighted by atomic mass is 15.1. The maximum absolute atomic E-state index is 4.53. The molecule has 0 aliphatic rings. The number of nitrogens with one attached hydrogen (secondary N) is 1. The summed E-state index contributed by atoms with van der Waals surface area (Å²) in [5.41, 5.74) is 2.23. The molecule has 0 fully saturated rings. The van der Waals surface area contributed by atoms with Crippen molar-refractivity contribution in [3.05, 3.63) is 47.7 Å². The Balaban J connectivity index is 2.02. The molecule has 1 N–H and O–H groups in total. The molecule has 2 aromatic rings. The van der Waals surface area contributed by atoms with Crippen molar-refractivity contribution in [3.63, 3.8) is 0 Å². The summed E-state index contributed by atoms with van der Waals surface area (Å²) in [4.78, 5) is 15.2. The molecule has 2 heterocycles. The van der Waals surface area contributed by atoms with Gasteiger partial charge in [0.1, 0.15) is 11.6 Å². The molecule has 0 aromatic carbocycles. The van der Waals surface area contributed by atoms with Crippen molar-refractivity contribution in [2.45, 2.75) is 26.9 Å². The normalized spacial score (nSPS) is 10.8. The molecule has 5 nitrogen and oxygen atoms in total. The molecule has 106 valence electrons. The first kappa shape index (κ1) is 14.4. The van der Waals surface area contributed by atoms with Crippen molar-refractivity contribution in [3.8, 4) is 0 Å². The summed E-state index contributed by atoms with van der Waals surface area (Å²) in [6.07, 6.45) is 3.63. The summed E-state index contributed by atoms with van der Waals surface area (Å²) >= 11 is 0. The van der Waals surface area contributed by atoms with Crippen LogP contribution in [0.4, 0.5) is 5.82 Å². The monoisotopic (exact) mass is 271 g/mol. The van der Waals surface area contributed by atoms with E-state index in [9.17, 15) is 0 Å². The number of hydrogen-bond donors (Lipinski definition) is 1. The van der Waals surface area contributed by atoms with E-state index < -0.39 is 0 Å². The van der Waals surface area contributed by atoms with Crippen LogP contribution in [0.5, 0.6) is 0 Å². The Morgan fingerprint density at radius 1 is 1.15 bits per heavy atom. The summed E-state index contributed by atoms with van der Waals surface area (Å²) in [7, 11) is 2.07. The first-order chi connectivity index (χ1) is 9.67. The molecule has 0 saturated heterocycles. The van der Waals surface area contributed by atoms with Gasteiger partial charge in [0, 0.05) is 37.2 Å². The molecule has 0 radical (unpaired) electrons. The van der Waals surface area contributed by atoms with Crippen LogP contribution in [0.1, 0.15) is 24.0 Å². The molecule has 0 aliphatic carbocycles. The standard InChI is InChI=1S/C15H21N5/c1-4-17-14-9-12(2)18-15(19-14)11-20(3)10-13-5-7-16-8-6-13/h5-9H,4,10-11H2,1-3H3,(H,17,18,19). The van der Waals surface area contributed by atoms with Gasteiger partial charge < -0.3 is 5.32 Å². The third-order valence-electron chi connectivity index (χ3n) is 2.87. The zero-order valence-electron chi connectivity index (χ0n) is 12.3. The van der Waals surface area contributed by atoms with Crippen LogP contribution in [-0.4, -0.2) is 33.4 Å². The van der Waals surface area contributed by atoms with E-state index in [1.807, 2.05) is 37.5 Å². The van der Waals surface area contributed by atoms with Gasteiger partial charge in [0.25, 0.3) is 0 Å². The summed E-state index contributed by atoms with van der Waals surface area (Å²) < 4.78 is 0. The van der Waals surface area contributed by atoms with Crippen LogP contribution < -0.4 is 5.32 Å². The Morgan fingerprint density at radius 3 is 2.60 bits per heavy atom. The van der Waals surface area contributed by atoms with E-state index >= 15 is 0 Å². The van der Waals surface area contributed by atoms with E-state index in [2.05, 4.69) is 39.1 Å². The number of pyridine rings is 1. The van der Waals surface area contributed by atoms with Crippen molar-refractivity contribution in [1.29, 1.82) is 0 Å². The fourth-order valence-corrected chi connectivity index (χ4v) is 2.07. The largest absolute Gasteiger partial charge is 0.370 e. The minimum absolute atomic E-state index is 0.725. The van der Waals surface area contributed by atoms with Crippen molar-refractivity contribution >= 4 is 5.82 Å². The molecule has 0 spiro atoms. The Morgan fingerprint density at radius 2 is 1.90 bits per heavy atom. The minimum Gasteiger partial charge on any atom is -0.370 e. The molecule has 2 rings (SSSR count). The SMILES string of the molecule is CCNc1cc(C)nc(CN(C)Cc2ccncc2)n1. The fourth-order valence-electron chi connectivity index (χ4n) is 2.07. The van der Waals surface area contributed by atoms with E-state index in [4.69, 9.17) is 0 Å². The van der Waals surface area contributed by atoms with Gasteiger partial charge in [-0.1, -0.05) is 0 Å². The molecule has 0 atom stereocenters. The lowest BCUT2D eigenvalue weighted by Gasteiger charge is -2.16. The summed E-state index contributed by atoms with van der Waals surface area (Å²) in [5, 5.41) is 3.23. The fraction of sp³-hybridized carbons (Fsp3) is 0.400. The molecule has 5 heteroatoms. The van der Waals surface area contributed by atoms with Crippen molar-refractivity contribution < 1.29 is 0 Å². The van der Waals surface area contributed by atoms with Crippen molar-refractivity contribution in [1.82, 2.24) is 19.9 Å².